The first-order chi connectivity index (χ1) is 13.0. The molecule has 3 rings (SSSR count). The first kappa shape index (κ1) is 18.6. The summed E-state index contributed by atoms with van der Waals surface area (Å²) in [7, 11) is 1.81. The van der Waals surface area contributed by atoms with Crippen LogP contribution in [0.15, 0.2) is 36.5 Å². The number of likely N-dealkylation sites (N-methyl/N-ethyl adjacent to an activating group) is 1. The molecule has 0 bridgehead atoms. The number of aromatic nitrogens is 3. The van der Waals surface area contributed by atoms with Crippen LogP contribution >= 0.6 is 0 Å². The SMILES string of the molecule is CNCCOc1ccc(F)cc1C(C)Oc1ccc2ncc(C(=O)O)n2n1. The number of nitrogens with one attached hydrogen (secondary N) is 1. The second-order valence-corrected chi connectivity index (χ2v) is 5.78. The van der Waals surface area contributed by atoms with Crippen molar-refractivity contribution in [3.63, 3.8) is 0 Å². The molecule has 3 aromatic rings. The van der Waals surface area contributed by atoms with E-state index >= 15 is 0 Å². The summed E-state index contributed by atoms with van der Waals surface area (Å²) in [6, 6.07) is 7.38. The number of rotatable bonds is 8. The van der Waals surface area contributed by atoms with E-state index in [1.165, 1.54) is 22.8 Å². The van der Waals surface area contributed by atoms with Crippen molar-refractivity contribution in [2.45, 2.75) is 13.0 Å². The number of benzene rings is 1. The standard InChI is InChI=1S/C18H19FN4O4/c1-11(13-9-12(19)3-4-15(13)26-8-7-20-2)27-17-6-5-16-21-10-14(18(24)25)23(16)22-17/h3-6,9-11,20H,7-8H2,1-2H3,(H,24,25). The highest BCUT2D eigenvalue weighted by molar-refractivity contribution is 5.86. The lowest BCUT2D eigenvalue weighted by Gasteiger charge is -2.18. The first-order valence-corrected chi connectivity index (χ1v) is 8.31. The van der Waals surface area contributed by atoms with Gasteiger partial charge in [-0.3, -0.25) is 0 Å². The number of ether oxygens (including phenoxy) is 2. The van der Waals surface area contributed by atoms with E-state index in [4.69, 9.17) is 9.47 Å². The van der Waals surface area contributed by atoms with Gasteiger partial charge < -0.3 is 19.9 Å². The van der Waals surface area contributed by atoms with Crippen LogP contribution in [0.1, 0.15) is 29.1 Å². The number of halogens is 1. The summed E-state index contributed by atoms with van der Waals surface area (Å²) in [5.74, 6) is -0.867. The van der Waals surface area contributed by atoms with Crippen molar-refractivity contribution in [2.24, 2.45) is 0 Å². The number of carbonyl (C=O) groups is 1. The smallest absolute Gasteiger partial charge is 0.356 e. The van der Waals surface area contributed by atoms with E-state index in [0.29, 0.717) is 30.1 Å². The topological polar surface area (TPSA) is 98.0 Å². The molecule has 1 aromatic carbocycles. The van der Waals surface area contributed by atoms with E-state index < -0.39 is 17.9 Å². The summed E-state index contributed by atoms with van der Waals surface area (Å²) in [5.41, 5.74) is 0.830. The van der Waals surface area contributed by atoms with Crippen molar-refractivity contribution in [1.29, 1.82) is 0 Å². The van der Waals surface area contributed by atoms with Crippen LogP contribution in [0, 0.1) is 5.82 Å². The van der Waals surface area contributed by atoms with E-state index in [1.54, 1.807) is 25.1 Å². The lowest BCUT2D eigenvalue weighted by molar-refractivity contribution is 0.0687. The summed E-state index contributed by atoms with van der Waals surface area (Å²) in [6.07, 6.45) is 0.644. The molecule has 27 heavy (non-hydrogen) atoms. The van der Waals surface area contributed by atoms with Crippen LogP contribution in [0.2, 0.25) is 0 Å². The molecule has 1 atom stereocenters. The second-order valence-electron chi connectivity index (χ2n) is 5.78. The van der Waals surface area contributed by atoms with E-state index in [2.05, 4.69) is 15.4 Å². The Labute approximate surface area is 154 Å². The molecular weight excluding hydrogens is 355 g/mol. The fourth-order valence-corrected chi connectivity index (χ4v) is 2.54. The molecular formula is C18H19FN4O4. The van der Waals surface area contributed by atoms with Crippen molar-refractivity contribution >= 4 is 11.6 Å². The third-order valence-electron chi connectivity index (χ3n) is 3.87. The minimum absolute atomic E-state index is 0.0788. The minimum Gasteiger partial charge on any atom is -0.492 e. The van der Waals surface area contributed by atoms with Gasteiger partial charge in [0, 0.05) is 18.2 Å². The third-order valence-corrected chi connectivity index (χ3v) is 3.87. The van der Waals surface area contributed by atoms with Crippen LogP contribution in [0.4, 0.5) is 4.39 Å². The molecule has 0 saturated carbocycles. The van der Waals surface area contributed by atoms with Gasteiger partial charge in [0.2, 0.25) is 5.88 Å². The summed E-state index contributed by atoms with van der Waals surface area (Å²) in [5, 5.41) is 16.3. The predicted octanol–water partition coefficient (Wildman–Crippen LogP) is 2.30. The maximum absolute atomic E-state index is 13.7. The van der Waals surface area contributed by atoms with Gasteiger partial charge in [0.25, 0.3) is 0 Å². The third kappa shape index (κ3) is 4.14. The lowest BCUT2D eigenvalue weighted by Crippen LogP contribution is -2.17. The zero-order valence-electron chi connectivity index (χ0n) is 14.8. The quantitative estimate of drug-likeness (QED) is 0.584. The van der Waals surface area contributed by atoms with E-state index in [1.807, 2.05) is 7.05 Å². The maximum Gasteiger partial charge on any atom is 0.356 e. The molecule has 0 aliphatic carbocycles. The number of carboxylic acids is 1. The van der Waals surface area contributed by atoms with Crippen LogP contribution < -0.4 is 14.8 Å². The second kappa shape index (κ2) is 8.00. The van der Waals surface area contributed by atoms with Crippen molar-refractivity contribution in [1.82, 2.24) is 19.9 Å². The Bertz CT molecular complexity index is 960. The maximum atomic E-state index is 13.7. The molecule has 8 nitrogen and oxygen atoms in total. The average Bonchev–Trinajstić information content (AvgIpc) is 3.06. The van der Waals surface area contributed by atoms with Gasteiger partial charge in [-0.25, -0.2) is 18.7 Å². The molecule has 0 aliphatic rings. The Kier molecular flexibility index (Phi) is 5.51. The predicted molar refractivity (Wildman–Crippen MR) is 94.8 cm³/mol. The van der Waals surface area contributed by atoms with Gasteiger partial charge in [-0.1, -0.05) is 0 Å². The van der Waals surface area contributed by atoms with Crippen molar-refractivity contribution in [3.05, 3.63) is 53.6 Å². The summed E-state index contributed by atoms with van der Waals surface area (Å²) >= 11 is 0. The number of carboxylic acid groups (broad SMARTS) is 1. The number of hydrogen-bond acceptors (Lipinski definition) is 6. The molecule has 0 radical (unpaired) electrons. The molecule has 142 valence electrons. The number of nitrogens with zero attached hydrogens (tertiary/aromatic N) is 3. The van der Waals surface area contributed by atoms with Gasteiger partial charge in [0.05, 0.1) is 6.20 Å². The number of aromatic carboxylic acids is 1. The van der Waals surface area contributed by atoms with Gasteiger partial charge in [0.15, 0.2) is 11.3 Å². The molecule has 0 saturated heterocycles. The summed E-state index contributed by atoms with van der Waals surface area (Å²) in [4.78, 5) is 15.2. The van der Waals surface area contributed by atoms with Gasteiger partial charge >= 0.3 is 5.97 Å². The van der Waals surface area contributed by atoms with Gasteiger partial charge in [-0.05, 0) is 38.2 Å². The fourth-order valence-electron chi connectivity index (χ4n) is 2.54. The highest BCUT2D eigenvalue weighted by Crippen LogP contribution is 2.29. The number of imidazole rings is 1. The van der Waals surface area contributed by atoms with E-state index in [0.717, 1.165) is 0 Å². The Morgan fingerprint density at radius 2 is 2.19 bits per heavy atom. The van der Waals surface area contributed by atoms with Crippen molar-refractivity contribution in [2.75, 3.05) is 20.2 Å². The van der Waals surface area contributed by atoms with E-state index in [9.17, 15) is 14.3 Å². The normalized spacial score (nSPS) is 12.1. The Morgan fingerprint density at radius 1 is 1.37 bits per heavy atom. The molecule has 0 aliphatic heterocycles. The molecule has 0 fully saturated rings. The molecule has 9 heteroatoms. The molecule has 2 heterocycles. The Balaban J connectivity index is 1.85. The molecule has 1 unspecified atom stereocenters. The highest BCUT2D eigenvalue weighted by Gasteiger charge is 2.17. The molecule has 0 amide bonds. The Morgan fingerprint density at radius 3 is 2.93 bits per heavy atom. The summed E-state index contributed by atoms with van der Waals surface area (Å²) in [6.45, 7) is 2.80. The zero-order chi connectivity index (χ0) is 19.4. The molecule has 0 spiro atoms. The minimum atomic E-state index is -1.15. The zero-order valence-corrected chi connectivity index (χ0v) is 14.8. The molecule has 2 aromatic heterocycles. The lowest BCUT2D eigenvalue weighted by atomic mass is 10.1. The van der Waals surface area contributed by atoms with Crippen LogP contribution in [0.25, 0.3) is 5.65 Å². The van der Waals surface area contributed by atoms with Crippen LogP contribution in [-0.4, -0.2) is 45.9 Å². The van der Waals surface area contributed by atoms with Gasteiger partial charge in [0.1, 0.15) is 24.3 Å². The average molecular weight is 374 g/mol. The van der Waals surface area contributed by atoms with Crippen molar-refractivity contribution < 1.29 is 23.8 Å². The van der Waals surface area contributed by atoms with Gasteiger partial charge in [-0.2, -0.15) is 0 Å². The van der Waals surface area contributed by atoms with Crippen molar-refractivity contribution in [3.8, 4) is 11.6 Å². The monoisotopic (exact) mass is 374 g/mol. The fraction of sp³-hybridized carbons (Fsp3) is 0.278. The van der Waals surface area contributed by atoms with Crippen LogP contribution in [0.3, 0.4) is 0 Å². The number of hydrogen-bond donors (Lipinski definition) is 2. The summed E-state index contributed by atoms with van der Waals surface area (Å²) < 4.78 is 26.4. The first-order valence-electron chi connectivity index (χ1n) is 8.31. The van der Waals surface area contributed by atoms with Gasteiger partial charge in [-0.15, -0.1) is 5.10 Å². The number of fused-ring (bicyclic) bond motifs is 1. The Hall–Kier alpha value is -3.20. The molecule has 2 N–H and O–H groups in total. The van der Waals surface area contributed by atoms with E-state index in [-0.39, 0.29) is 11.6 Å². The van der Waals surface area contributed by atoms with Crippen LogP contribution in [0.5, 0.6) is 11.6 Å². The largest absolute Gasteiger partial charge is 0.492 e. The van der Waals surface area contributed by atoms with Crippen LogP contribution in [-0.2, 0) is 0 Å². The highest BCUT2D eigenvalue weighted by atomic mass is 19.1.